The fourth-order valence-electron chi connectivity index (χ4n) is 4.77. The molecule has 0 saturated heterocycles. The maximum absolute atomic E-state index is 14.1. The van der Waals surface area contributed by atoms with Gasteiger partial charge in [-0.3, -0.25) is 25.0 Å². The summed E-state index contributed by atoms with van der Waals surface area (Å²) < 4.78 is 0. The van der Waals surface area contributed by atoms with E-state index in [1.165, 1.54) is 0 Å². The van der Waals surface area contributed by atoms with Gasteiger partial charge in [0.2, 0.25) is 11.8 Å². The molecular formula is C25H38N4O4. The van der Waals surface area contributed by atoms with E-state index in [0.717, 1.165) is 5.56 Å². The first kappa shape index (κ1) is 26.7. The third-order valence-corrected chi connectivity index (χ3v) is 6.34. The highest BCUT2D eigenvalue weighted by molar-refractivity contribution is 6.02. The van der Waals surface area contributed by atoms with Crippen LogP contribution in [0.2, 0.25) is 0 Å². The highest BCUT2D eigenvalue weighted by atomic mass is 16.5. The van der Waals surface area contributed by atoms with Gasteiger partial charge in [0.15, 0.2) is 5.78 Å². The summed E-state index contributed by atoms with van der Waals surface area (Å²) >= 11 is 0. The second-order valence-corrected chi connectivity index (χ2v) is 10.1. The summed E-state index contributed by atoms with van der Waals surface area (Å²) in [4.78, 5) is 40.2. The topological polar surface area (TPSA) is 148 Å². The Morgan fingerprint density at radius 1 is 1.09 bits per heavy atom. The molecule has 182 valence electrons. The number of nitrogens with one attached hydrogen (secondary N) is 2. The van der Waals surface area contributed by atoms with Gasteiger partial charge in [-0.25, -0.2) is 11.3 Å². The fourth-order valence-corrected chi connectivity index (χ4v) is 4.77. The molecule has 2 amide bonds. The van der Waals surface area contributed by atoms with Crippen LogP contribution in [0.3, 0.4) is 0 Å². The molecule has 3 atom stereocenters. The average Bonchev–Trinajstić information content (AvgIpc) is 3.53. The number of carbonyl (C=O) groups excluding carboxylic acids is 3. The fraction of sp³-hybridized carbons (Fsp3) is 0.560. The summed E-state index contributed by atoms with van der Waals surface area (Å²) in [5, 5.41) is 9.70. The Hall–Kier alpha value is -2.55. The van der Waals surface area contributed by atoms with Crippen molar-refractivity contribution in [3.63, 3.8) is 0 Å². The summed E-state index contributed by atoms with van der Waals surface area (Å²) in [6, 6.07) is 9.40. The van der Waals surface area contributed by atoms with Crippen LogP contribution < -0.4 is 22.5 Å². The zero-order valence-corrected chi connectivity index (χ0v) is 20.0. The molecular weight excluding hydrogens is 420 g/mol. The van der Waals surface area contributed by atoms with E-state index >= 15 is 0 Å². The van der Waals surface area contributed by atoms with Gasteiger partial charge in [-0.05, 0) is 43.1 Å². The van der Waals surface area contributed by atoms with Crippen molar-refractivity contribution in [1.82, 2.24) is 10.9 Å². The molecule has 8 heteroatoms. The van der Waals surface area contributed by atoms with Gasteiger partial charge in [0.1, 0.15) is 0 Å². The van der Waals surface area contributed by atoms with E-state index in [0.29, 0.717) is 19.3 Å². The van der Waals surface area contributed by atoms with Crippen LogP contribution in [0.4, 0.5) is 0 Å². The van der Waals surface area contributed by atoms with Gasteiger partial charge in [0.25, 0.3) is 0 Å². The van der Waals surface area contributed by atoms with Crippen LogP contribution in [0.5, 0.6) is 0 Å². The molecule has 0 heterocycles. The van der Waals surface area contributed by atoms with Gasteiger partial charge in [-0.2, -0.15) is 0 Å². The van der Waals surface area contributed by atoms with Gasteiger partial charge in [0, 0.05) is 0 Å². The smallest absolute Gasteiger partial charge is 0.248 e. The molecule has 1 aliphatic carbocycles. The Balaban J connectivity index is 2.79. The zero-order chi connectivity index (χ0) is 24.8. The minimum Gasteiger partial charge on any atom is -0.319 e. The molecule has 8 nitrogen and oxygen atoms in total. The molecule has 0 aliphatic heterocycles. The molecule has 1 aliphatic rings. The number of ketones is 1. The lowest BCUT2D eigenvalue weighted by molar-refractivity contribution is -0.152. The van der Waals surface area contributed by atoms with Crippen molar-refractivity contribution < 1.29 is 19.6 Å². The highest BCUT2D eigenvalue weighted by Gasteiger charge is 2.60. The Bertz CT molecular complexity index is 864. The molecule has 1 aromatic carbocycles. The lowest BCUT2D eigenvalue weighted by Gasteiger charge is -2.42. The van der Waals surface area contributed by atoms with E-state index in [9.17, 15) is 19.6 Å². The molecule has 0 aromatic heterocycles. The first-order valence-corrected chi connectivity index (χ1v) is 11.5. The number of Topliss-reactive ketones (excluding diaryl/α,β-unsaturated/α-hetero) is 1. The molecule has 1 saturated carbocycles. The summed E-state index contributed by atoms with van der Waals surface area (Å²) in [6.45, 7) is 7.73. The molecule has 2 rings (SSSR count). The van der Waals surface area contributed by atoms with Crippen molar-refractivity contribution >= 4 is 23.7 Å². The Morgan fingerprint density at radius 3 is 2.15 bits per heavy atom. The van der Waals surface area contributed by atoms with Crippen molar-refractivity contribution in [3.8, 4) is 0 Å². The second-order valence-electron chi connectivity index (χ2n) is 10.1. The standard InChI is InChI=1S/C25H38N4O4/c1-16(2)14-19(21(30)28-27)20(22(31)29-33)24(15-17(3)4,23(32)25(26)12-13-25)11-10-18-8-6-5-7-9-18/h5-11,16-17,19-20,33H,12-15,26-27H2,1-4H3,(H,28,30)(H,29,31)/b11-10+/t19-,20-,24?/m1/s1. The molecule has 7 N–H and O–H groups in total. The second kappa shape index (κ2) is 11.0. The number of hydrazine groups is 1. The number of hydrogen-bond acceptors (Lipinski definition) is 6. The third-order valence-electron chi connectivity index (χ3n) is 6.34. The summed E-state index contributed by atoms with van der Waals surface area (Å²) in [7, 11) is 0. The minimum atomic E-state index is -1.42. The number of carbonyl (C=O) groups is 3. The van der Waals surface area contributed by atoms with Crippen LogP contribution in [0.15, 0.2) is 36.4 Å². The van der Waals surface area contributed by atoms with Gasteiger partial charge in [-0.1, -0.05) is 70.2 Å². The lowest BCUT2D eigenvalue weighted by atomic mass is 9.59. The normalized spacial score (nSPS) is 18.6. The van der Waals surface area contributed by atoms with Crippen LogP contribution in [0.25, 0.3) is 6.08 Å². The van der Waals surface area contributed by atoms with E-state index in [-0.39, 0.29) is 24.0 Å². The summed E-state index contributed by atoms with van der Waals surface area (Å²) in [5.74, 6) is 1.70. The molecule has 1 fully saturated rings. The maximum atomic E-state index is 14.1. The predicted molar refractivity (Wildman–Crippen MR) is 127 cm³/mol. The van der Waals surface area contributed by atoms with Crippen molar-refractivity contribution in [2.45, 2.75) is 58.9 Å². The largest absolute Gasteiger partial charge is 0.319 e. The van der Waals surface area contributed by atoms with Gasteiger partial charge in [-0.15, -0.1) is 0 Å². The van der Waals surface area contributed by atoms with Gasteiger partial charge >= 0.3 is 0 Å². The van der Waals surface area contributed by atoms with Crippen LogP contribution in [0.1, 0.15) is 58.9 Å². The van der Waals surface area contributed by atoms with E-state index < -0.39 is 34.6 Å². The molecule has 0 spiro atoms. The van der Waals surface area contributed by atoms with Crippen molar-refractivity contribution in [2.24, 2.45) is 40.7 Å². The molecule has 0 bridgehead atoms. The first-order chi connectivity index (χ1) is 15.5. The number of rotatable bonds is 12. The Morgan fingerprint density at radius 2 is 1.70 bits per heavy atom. The molecule has 0 radical (unpaired) electrons. The number of amides is 2. The predicted octanol–water partition coefficient (Wildman–Crippen LogP) is 2.57. The monoisotopic (exact) mass is 458 g/mol. The van der Waals surface area contributed by atoms with Gasteiger partial charge in [0.05, 0.1) is 22.8 Å². The number of nitrogens with two attached hydrogens (primary N) is 2. The SMILES string of the molecule is CC(C)C[C@@H](C(=O)NN)[C@H](C(=O)NO)C(/C=C/c1ccccc1)(CC(C)C)C(=O)C1(N)CC1. The van der Waals surface area contributed by atoms with Crippen molar-refractivity contribution in [2.75, 3.05) is 0 Å². The van der Waals surface area contributed by atoms with Crippen molar-refractivity contribution in [3.05, 3.63) is 42.0 Å². The summed E-state index contributed by atoms with van der Waals surface area (Å²) in [5.41, 5.74) is 8.63. The molecule has 33 heavy (non-hydrogen) atoms. The average molecular weight is 459 g/mol. The van der Waals surface area contributed by atoms with Gasteiger partial charge < -0.3 is 5.73 Å². The maximum Gasteiger partial charge on any atom is 0.248 e. The van der Waals surface area contributed by atoms with Crippen LogP contribution in [-0.4, -0.2) is 28.3 Å². The van der Waals surface area contributed by atoms with E-state index in [4.69, 9.17) is 11.6 Å². The van der Waals surface area contributed by atoms with Crippen molar-refractivity contribution in [1.29, 1.82) is 0 Å². The zero-order valence-electron chi connectivity index (χ0n) is 20.0. The Labute approximate surface area is 196 Å². The quantitative estimate of drug-likeness (QED) is 0.141. The van der Waals surface area contributed by atoms with Crippen LogP contribution >= 0.6 is 0 Å². The van der Waals surface area contributed by atoms with E-state index in [1.807, 2.05) is 58.0 Å². The van der Waals surface area contributed by atoms with Crippen LogP contribution in [-0.2, 0) is 14.4 Å². The summed E-state index contributed by atoms with van der Waals surface area (Å²) in [6.07, 6.45) is 5.10. The third kappa shape index (κ3) is 6.28. The number of allylic oxidation sites excluding steroid dienone is 1. The first-order valence-electron chi connectivity index (χ1n) is 11.5. The van der Waals surface area contributed by atoms with E-state index in [1.54, 1.807) is 17.6 Å². The molecule has 1 aromatic rings. The highest BCUT2D eigenvalue weighted by Crippen LogP contribution is 2.50. The number of hydroxylamine groups is 1. The lowest BCUT2D eigenvalue weighted by Crippen LogP contribution is -2.57. The Kier molecular flexibility index (Phi) is 8.94. The van der Waals surface area contributed by atoms with E-state index in [2.05, 4.69) is 5.43 Å². The number of hydrogen-bond donors (Lipinski definition) is 5. The molecule has 1 unspecified atom stereocenters. The van der Waals surface area contributed by atoms with Crippen LogP contribution in [0, 0.1) is 29.1 Å². The number of benzene rings is 1. The minimum absolute atomic E-state index is 0.00801.